The van der Waals surface area contributed by atoms with Gasteiger partial charge in [-0.2, -0.15) is 0 Å². The van der Waals surface area contributed by atoms with Crippen LogP contribution in [-0.2, 0) is 14.2 Å². The maximum absolute atomic E-state index is 6.06. The molecule has 0 radical (unpaired) electrons. The van der Waals surface area contributed by atoms with E-state index in [0.29, 0.717) is 17.0 Å². The molecule has 0 aliphatic carbocycles. The average molecular weight is 378 g/mol. The highest BCUT2D eigenvalue weighted by Gasteiger charge is 2.55. The van der Waals surface area contributed by atoms with E-state index in [4.69, 9.17) is 20.6 Å². The van der Waals surface area contributed by atoms with Gasteiger partial charge in [-0.25, -0.2) is 15.0 Å². The molecule has 2 fully saturated rings. The first-order valence-corrected chi connectivity index (χ1v) is 8.87. The van der Waals surface area contributed by atoms with Gasteiger partial charge in [0.2, 0.25) is 0 Å². The van der Waals surface area contributed by atoms with Gasteiger partial charge in [0.15, 0.2) is 29.0 Å². The molecular formula is C19H18N6O3. The Kier molecular flexibility index (Phi) is 3.80. The van der Waals surface area contributed by atoms with Crippen molar-refractivity contribution < 1.29 is 14.2 Å². The van der Waals surface area contributed by atoms with Gasteiger partial charge in [-0.1, -0.05) is 5.92 Å². The fourth-order valence-electron chi connectivity index (χ4n) is 3.64. The summed E-state index contributed by atoms with van der Waals surface area (Å²) < 4.78 is 19.8. The number of terminal acetylenes is 1. The number of nitrogens with zero attached hydrogens (tertiary/aromatic N) is 5. The van der Waals surface area contributed by atoms with Crippen molar-refractivity contribution >= 4 is 22.7 Å². The minimum absolute atomic E-state index is 0.350. The molecule has 5 heterocycles. The van der Waals surface area contributed by atoms with Crippen molar-refractivity contribution in [3.8, 4) is 12.3 Å². The molecule has 2 aliphatic heterocycles. The first-order valence-electron chi connectivity index (χ1n) is 8.87. The lowest BCUT2D eigenvalue weighted by Gasteiger charge is -2.23. The van der Waals surface area contributed by atoms with Gasteiger partial charge in [0.1, 0.15) is 24.6 Å². The molecule has 5 rings (SSSR count). The molecule has 9 heteroatoms. The van der Waals surface area contributed by atoms with Crippen molar-refractivity contribution in [2.24, 2.45) is 0 Å². The van der Waals surface area contributed by atoms with Crippen molar-refractivity contribution in [2.45, 2.75) is 44.2 Å². The predicted molar refractivity (Wildman–Crippen MR) is 99.4 cm³/mol. The summed E-state index contributed by atoms with van der Waals surface area (Å²) in [6, 6.07) is 3.73. The molecule has 3 aromatic rings. The molecule has 0 saturated carbocycles. The van der Waals surface area contributed by atoms with Crippen molar-refractivity contribution in [3.05, 3.63) is 37.2 Å². The highest BCUT2D eigenvalue weighted by atomic mass is 16.8. The number of imidazole rings is 1. The number of rotatable bonds is 3. The highest BCUT2D eigenvalue weighted by molar-refractivity contribution is 5.85. The number of hydrogen-bond acceptors (Lipinski definition) is 8. The van der Waals surface area contributed by atoms with E-state index < -0.39 is 18.1 Å². The van der Waals surface area contributed by atoms with E-state index in [2.05, 4.69) is 31.2 Å². The summed E-state index contributed by atoms with van der Waals surface area (Å²) in [6.07, 6.45) is 10.5. The van der Waals surface area contributed by atoms with Crippen molar-refractivity contribution in [2.75, 3.05) is 5.32 Å². The van der Waals surface area contributed by atoms with Crippen LogP contribution >= 0.6 is 0 Å². The van der Waals surface area contributed by atoms with E-state index in [-0.39, 0.29) is 12.2 Å². The molecule has 2 aliphatic rings. The van der Waals surface area contributed by atoms with E-state index in [0.717, 1.165) is 5.69 Å². The van der Waals surface area contributed by atoms with Gasteiger partial charge in [-0.3, -0.25) is 9.55 Å². The molecule has 4 atom stereocenters. The summed E-state index contributed by atoms with van der Waals surface area (Å²) in [6.45, 7) is 3.72. The Bertz CT molecular complexity index is 1060. The zero-order valence-corrected chi connectivity index (χ0v) is 15.3. The third-order valence-corrected chi connectivity index (χ3v) is 4.75. The fourth-order valence-corrected chi connectivity index (χ4v) is 3.64. The molecule has 4 unspecified atom stereocenters. The SMILES string of the molecule is C#CC1OC(n2cnc3c(Nc4cccnc4)ncnc32)C2OC(C)(C)OC12. The van der Waals surface area contributed by atoms with E-state index in [1.165, 1.54) is 6.33 Å². The minimum Gasteiger partial charge on any atom is -0.341 e. The first-order chi connectivity index (χ1) is 13.6. The van der Waals surface area contributed by atoms with E-state index in [1.54, 1.807) is 18.7 Å². The fraction of sp³-hybridized carbons (Fsp3) is 0.368. The molecule has 0 spiro atoms. The van der Waals surface area contributed by atoms with E-state index in [9.17, 15) is 0 Å². The smallest absolute Gasteiger partial charge is 0.167 e. The molecule has 3 aromatic heterocycles. The number of aromatic nitrogens is 5. The van der Waals surface area contributed by atoms with Gasteiger partial charge in [0, 0.05) is 6.20 Å². The maximum atomic E-state index is 6.06. The summed E-state index contributed by atoms with van der Waals surface area (Å²) in [5.41, 5.74) is 2.01. The van der Waals surface area contributed by atoms with Crippen molar-refractivity contribution in [3.63, 3.8) is 0 Å². The summed E-state index contributed by atoms with van der Waals surface area (Å²) in [5.74, 6) is 2.49. The Balaban J connectivity index is 1.52. The number of pyridine rings is 1. The number of ether oxygens (including phenoxy) is 3. The quantitative estimate of drug-likeness (QED) is 0.692. The Morgan fingerprint density at radius 3 is 2.86 bits per heavy atom. The zero-order valence-electron chi connectivity index (χ0n) is 15.3. The standard InChI is InChI=1S/C19H18N6O3/c1-4-12-14-15(28-19(2,3)27-14)18(26-12)25-10-23-13-16(21-9-22-17(13)25)24-11-6-5-7-20-8-11/h1,5-10,12,14-15,18H,2-3H3,(H,21,22,24). The molecule has 9 nitrogen and oxygen atoms in total. The summed E-state index contributed by atoms with van der Waals surface area (Å²) in [5, 5.41) is 3.21. The monoisotopic (exact) mass is 378 g/mol. The van der Waals surface area contributed by atoms with Gasteiger partial charge >= 0.3 is 0 Å². The molecule has 2 saturated heterocycles. The summed E-state index contributed by atoms with van der Waals surface area (Å²) >= 11 is 0. The van der Waals surface area contributed by atoms with Crippen LogP contribution in [0.1, 0.15) is 20.1 Å². The second-order valence-electron chi connectivity index (χ2n) is 7.09. The van der Waals surface area contributed by atoms with Crippen LogP contribution < -0.4 is 5.32 Å². The molecular weight excluding hydrogens is 360 g/mol. The number of hydrogen-bond donors (Lipinski definition) is 1. The highest BCUT2D eigenvalue weighted by Crippen LogP contribution is 2.43. The van der Waals surface area contributed by atoms with Gasteiger partial charge in [-0.05, 0) is 26.0 Å². The molecule has 0 amide bonds. The van der Waals surface area contributed by atoms with Crippen LogP contribution in [0.3, 0.4) is 0 Å². The Hall–Kier alpha value is -3.06. The Morgan fingerprint density at radius 2 is 2.07 bits per heavy atom. The largest absolute Gasteiger partial charge is 0.341 e. The zero-order chi connectivity index (χ0) is 19.3. The minimum atomic E-state index is -0.731. The summed E-state index contributed by atoms with van der Waals surface area (Å²) in [7, 11) is 0. The lowest BCUT2D eigenvalue weighted by Crippen LogP contribution is -2.28. The van der Waals surface area contributed by atoms with E-state index >= 15 is 0 Å². The first kappa shape index (κ1) is 17.1. The Morgan fingerprint density at radius 1 is 1.21 bits per heavy atom. The lowest BCUT2D eigenvalue weighted by molar-refractivity contribution is -0.190. The normalized spacial score (nSPS) is 28.2. The topological polar surface area (TPSA) is 96.2 Å². The van der Waals surface area contributed by atoms with Gasteiger partial charge in [0.05, 0.1) is 18.2 Å². The number of nitrogens with one attached hydrogen (secondary N) is 1. The average Bonchev–Trinajstić information content (AvgIpc) is 3.33. The molecule has 142 valence electrons. The third-order valence-electron chi connectivity index (χ3n) is 4.75. The van der Waals surface area contributed by atoms with Crippen LogP contribution in [0.2, 0.25) is 0 Å². The van der Waals surface area contributed by atoms with Crippen LogP contribution in [0.25, 0.3) is 11.2 Å². The molecule has 0 aromatic carbocycles. The van der Waals surface area contributed by atoms with Crippen LogP contribution in [0.5, 0.6) is 0 Å². The second-order valence-corrected chi connectivity index (χ2v) is 7.09. The van der Waals surface area contributed by atoms with Crippen molar-refractivity contribution in [1.29, 1.82) is 0 Å². The summed E-state index contributed by atoms with van der Waals surface area (Å²) in [4.78, 5) is 17.3. The molecule has 1 N–H and O–H groups in total. The Labute approximate surface area is 161 Å². The molecule has 0 bridgehead atoms. The van der Waals surface area contributed by atoms with Crippen LogP contribution in [0.4, 0.5) is 11.5 Å². The van der Waals surface area contributed by atoms with Crippen molar-refractivity contribution in [1.82, 2.24) is 24.5 Å². The van der Waals surface area contributed by atoms with Crippen LogP contribution in [0, 0.1) is 12.3 Å². The predicted octanol–water partition coefficient (Wildman–Crippen LogP) is 2.02. The van der Waals surface area contributed by atoms with Gasteiger partial charge in [-0.15, -0.1) is 6.42 Å². The number of fused-ring (bicyclic) bond motifs is 2. The maximum Gasteiger partial charge on any atom is 0.167 e. The van der Waals surface area contributed by atoms with Gasteiger partial charge in [0.25, 0.3) is 0 Å². The second kappa shape index (κ2) is 6.24. The van der Waals surface area contributed by atoms with E-state index in [1.807, 2.05) is 30.5 Å². The third kappa shape index (κ3) is 2.70. The van der Waals surface area contributed by atoms with Gasteiger partial charge < -0.3 is 19.5 Å². The van der Waals surface area contributed by atoms with Crippen LogP contribution in [0.15, 0.2) is 37.2 Å². The number of anilines is 2. The lowest BCUT2D eigenvalue weighted by atomic mass is 10.1. The molecule has 28 heavy (non-hydrogen) atoms. The van der Waals surface area contributed by atoms with Crippen LogP contribution in [-0.4, -0.2) is 48.6 Å².